The van der Waals surface area contributed by atoms with E-state index >= 15 is 0 Å². The second kappa shape index (κ2) is 11.7. The van der Waals surface area contributed by atoms with Gasteiger partial charge in [0.05, 0.1) is 0 Å². The Kier molecular flexibility index (Phi) is 9.52. The van der Waals surface area contributed by atoms with Crippen molar-refractivity contribution in [1.29, 1.82) is 0 Å². The average molecular weight is 348 g/mol. The molecule has 0 saturated carbocycles. The van der Waals surface area contributed by atoms with Gasteiger partial charge in [-0.1, -0.05) is 43.9 Å². The molecule has 0 amide bonds. The number of benzene rings is 1. The monoisotopic (exact) mass is 347 g/mol. The lowest BCUT2D eigenvalue weighted by Crippen LogP contribution is -2.17. The first-order valence-corrected chi connectivity index (χ1v) is 10.2. The van der Waals surface area contributed by atoms with E-state index in [0.717, 1.165) is 31.8 Å². The molecule has 0 fully saturated rings. The molecule has 0 heterocycles. The fourth-order valence-corrected chi connectivity index (χ4v) is 4.13. The van der Waals surface area contributed by atoms with Crippen molar-refractivity contribution in [2.45, 2.75) is 70.1 Å². The highest BCUT2D eigenvalue weighted by Gasteiger charge is 2.20. The molecule has 2 atom stereocenters. The number of aryl methyl sites for hydroxylation is 1. The van der Waals surface area contributed by atoms with Crippen LogP contribution in [0.2, 0.25) is 0 Å². The van der Waals surface area contributed by atoms with Gasteiger partial charge in [-0.25, -0.2) is 0 Å². The summed E-state index contributed by atoms with van der Waals surface area (Å²) in [6.45, 7) is 1.89. The van der Waals surface area contributed by atoms with E-state index in [-0.39, 0.29) is 6.61 Å². The Labute approximate surface area is 154 Å². The van der Waals surface area contributed by atoms with Crippen molar-refractivity contribution in [3.63, 3.8) is 0 Å². The van der Waals surface area contributed by atoms with Crippen LogP contribution in [-0.4, -0.2) is 32.0 Å². The fourth-order valence-electron chi connectivity index (χ4n) is 4.13. The van der Waals surface area contributed by atoms with Crippen LogP contribution in [0, 0.1) is 5.92 Å². The summed E-state index contributed by atoms with van der Waals surface area (Å²) in [6, 6.07) is 7.08. The molecule has 1 aliphatic rings. The third-order valence-electron chi connectivity index (χ3n) is 5.74. The molecule has 0 aliphatic heterocycles. The largest absolute Gasteiger partial charge is 0.396 e. The molecule has 0 saturated heterocycles. The highest BCUT2D eigenvalue weighted by atomic mass is 16.5. The number of methoxy groups -OCH3 is 1. The number of hydrogen-bond donors (Lipinski definition) is 2. The van der Waals surface area contributed by atoms with E-state index in [0.29, 0.717) is 12.5 Å². The quantitative estimate of drug-likeness (QED) is 0.557. The predicted molar refractivity (Wildman–Crippen MR) is 105 cm³/mol. The molecule has 0 radical (unpaired) electrons. The highest BCUT2D eigenvalue weighted by molar-refractivity contribution is 5.36. The third kappa shape index (κ3) is 6.73. The third-order valence-corrected chi connectivity index (χ3v) is 5.74. The standard InChI is InChI=1S/C22H37NO2/c1-25-14-6-2-3-7-18-9-10-20-16-21(12-11-19(20)15-18)22(17-23)8-4-5-13-24/h11-12,16,18,22,24H,2-10,13-15,17,23H2,1H3/t18-,22-/m0/s1. The minimum absolute atomic E-state index is 0.286. The lowest BCUT2D eigenvalue weighted by atomic mass is 9.79. The summed E-state index contributed by atoms with van der Waals surface area (Å²) < 4.78 is 5.13. The molecule has 1 aromatic carbocycles. The Morgan fingerprint density at radius 1 is 1.16 bits per heavy atom. The van der Waals surface area contributed by atoms with Crippen LogP contribution in [0.3, 0.4) is 0 Å². The summed E-state index contributed by atoms with van der Waals surface area (Å²) in [4.78, 5) is 0. The Bertz CT molecular complexity index is 489. The first-order valence-electron chi connectivity index (χ1n) is 10.2. The van der Waals surface area contributed by atoms with Crippen molar-refractivity contribution in [2.24, 2.45) is 11.7 Å². The smallest absolute Gasteiger partial charge is 0.0462 e. The lowest BCUT2D eigenvalue weighted by Gasteiger charge is -2.26. The van der Waals surface area contributed by atoms with Crippen molar-refractivity contribution in [1.82, 2.24) is 0 Å². The zero-order valence-electron chi connectivity index (χ0n) is 16.0. The molecule has 0 aromatic heterocycles. The van der Waals surface area contributed by atoms with E-state index in [2.05, 4.69) is 18.2 Å². The molecule has 0 spiro atoms. The van der Waals surface area contributed by atoms with Gasteiger partial charge in [-0.3, -0.25) is 0 Å². The predicted octanol–water partition coefficient (Wildman–Crippen LogP) is 4.20. The summed E-state index contributed by atoms with van der Waals surface area (Å²) >= 11 is 0. The number of unbranched alkanes of at least 4 members (excludes halogenated alkanes) is 3. The fraction of sp³-hybridized carbons (Fsp3) is 0.727. The van der Waals surface area contributed by atoms with Gasteiger partial charge in [0.15, 0.2) is 0 Å². The number of nitrogens with two attached hydrogens (primary N) is 1. The van der Waals surface area contributed by atoms with Gasteiger partial charge in [0, 0.05) is 20.3 Å². The van der Waals surface area contributed by atoms with E-state index in [1.165, 1.54) is 50.5 Å². The molecule has 1 aliphatic carbocycles. The second-order valence-electron chi connectivity index (χ2n) is 7.63. The van der Waals surface area contributed by atoms with Crippen molar-refractivity contribution < 1.29 is 9.84 Å². The molecule has 2 rings (SSSR count). The molecule has 25 heavy (non-hydrogen) atoms. The van der Waals surface area contributed by atoms with E-state index in [4.69, 9.17) is 15.6 Å². The van der Waals surface area contributed by atoms with E-state index in [1.54, 1.807) is 18.2 Å². The van der Waals surface area contributed by atoms with Crippen LogP contribution in [0.5, 0.6) is 0 Å². The number of hydrogen-bond acceptors (Lipinski definition) is 3. The van der Waals surface area contributed by atoms with Crippen LogP contribution < -0.4 is 5.73 Å². The van der Waals surface area contributed by atoms with E-state index in [1.807, 2.05) is 0 Å². The Balaban J connectivity index is 1.85. The van der Waals surface area contributed by atoms with Gasteiger partial charge >= 0.3 is 0 Å². The second-order valence-corrected chi connectivity index (χ2v) is 7.63. The van der Waals surface area contributed by atoms with Crippen LogP contribution in [0.4, 0.5) is 0 Å². The van der Waals surface area contributed by atoms with Crippen LogP contribution in [-0.2, 0) is 17.6 Å². The molecular weight excluding hydrogens is 310 g/mol. The summed E-state index contributed by atoms with van der Waals surface area (Å²) in [5.41, 5.74) is 10.5. The van der Waals surface area contributed by atoms with Gasteiger partial charge in [0.1, 0.15) is 0 Å². The number of fused-ring (bicyclic) bond motifs is 1. The summed E-state index contributed by atoms with van der Waals surface area (Å²) in [6.07, 6.45) is 12.0. The van der Waals surface area contributed by atoms with Crippen LogP contribution in [0.1, 0.15) is 74.0 Å². The molecule has 1 aromatic rings. The summed E-state index contributed by atoms with van der Waals surface area (Å²) in [5, 5.41) is 8.97. The van der Waals surface area contributed by atoms with Gasteiger partial charge in [0.25, 0.3) is 0 Å². The number of aliphatic hydroxyl groups excluding tert-OH is 1. The van der Waals surface area contributed by atoms with Crippen LogP contribution in [0.25, 0.3) is 0 Å². The normalized spacial score (nSPS) is 18.1. The Morgan fingerprint density at radius 2 is 2.04 bits per heavy atom. The van der Waals surface area contributed by atoms with Gasteiger partial charge in [-0.15, -0.1) is 0 Å². The molecule has 142 valence electrons. The molecule has 3 nitrogen and oxygen atoms in total. The maximum atomic E-state index is 8.97. The summed E-state index contributed by atoms with van der Waals surface area (Å²) in [5.74, 6) is 1.30. The van der Waals surface area contributed by atoms with Crippen molar-refractivity contribution in [3.05, 3.63) is 34.9 Å². The topological polar surface area (TPSA) is 55.5 Å². The molecule has 0 unspecified atom stereocenters. The minimum atomic E-state index is 0.286. The number of aliphatic hydroxyl groups is 1. The molecule has 0 bridgehead atoms. The van der Waals surface area contributed by atoms with Crippen molar-refractivity contribution >= 4 is 0 Å². The zero-order valence-corrected chi connectivity index (χ0v) is 16.0. The van der Waals surface area contributed by atoms with Crippen molar-refractivity contribution in [2.75, 3.05) is 26.9 Å². The van der Waals surface area contributed by atoms with Crippen LogP contribution >= 0.6 is 0 Å². The van der Waals surface area contributed by atoms with Gasteiger partial charge in [0.2, 0.25) is 0 Å². The first-order chi connectivity index (χ1) is 12.3. The number of rotatable bonds is 12. The maximum absolute atomic E-state index is 8.97. The Hall–Kier alpha value is -0.900. The van der Waals surface area contributed by atoms with Gasteiger partial charge in [-0.05, 0) is 73.6 Å². The molecular formula is C22H37NO2. The summed E-state index contributed by atoms with van der Waals surface area (Å²) in [7, 11) is 1.79. The van der Waals surface area contributed by atoms with E-state index in [9.17, 15) is 0 Å². The first kappa shape index (κ1) is 20.4. The average Bonchev–Trinajstić information content (AvgIpc) is 2.65. The SMILES string of the molecule is COCCCCC[C@H]1CCc2cc([C@H](CN)CCCCO)ccc2C1. The zero-order chi connectivity index (χ0) is 17.9. The maximum Gasteiger partial charge on any atom is 0.0462 e. The molecule has 3 heteroatoms. The minimum Gasteiger partial charge on any atom is -0.396 e. The lowest BCUT2D eigenvalue weighted by molar-refractivity contribution is 0.191. The van der Waals surface area contributed by atoms with Crippen molar-refractivity contribution in [3.8, 4) is 0 Å². The van der Waals surface area contributed by atoms with Crippen LogP contribution in [0.15, 0.2) is 18.2 Å². The Morgan fingerprint density at radius 3 is 2.80 bits per heavy atom. The van der Waals surface area contributed by atoms with Gasteiger partial charge < -0.3 is 15.6 Å². The van der Waals surface area contributed by atoms with Gasteiger partial charge in [-0.2, -0.15) is 0 Å². The highest BCUT2D eigenvalue weighted by Crippen LogP contribution is 2.32. The number of ether oxygens (including phenoxy) is 1. The molecule has 3 N–H and O–H groups in total. The van der Waals surface area contributed by atoms with E-state index < -0.39 is 0 Å².